The molecule has 152 valence electrons. The van der Waals surface area contributed by atoms with E-state index < -0.39 is 0 Å². The summed E-state index contributed by atoms with van der Waals surface area (Å²) in [6.45, 7) is 4.24. The standard InChI is InChI=1S/C23H28N4O2/c1-19-4-8-21(9-5-19)29-22-10-6-20(7-11-22)12-14-26-23(28)25-13-2-3-16-27-17-15-24-18-27/h4-11,15,17-18H,2-3,12-14,16H2,1H3,(H2,25,26,28). The van der Waals surface area contributed by atoms with Crippen molar-refractivity contribution < 1.29 is 9.53 Å². The molecule has 0 radical (unpaired) electrons. The van der Waals surface area contributed by atoms with Crippen LogP contribution in [-0.4, -0.2) is 28.7 Å². The highest BCUT2D eigenvalue weighted by atomic mass is 16.5. The lowest BCUT2D eigenvalue weighted by atomic mass is 10.1. The molecular formula is C23H28N4O2. The second kappa shape index (κ2) is 10.9. The number of rotatable bonds is 10. The van der Waals surface area contributed by atoms with Gasteiger partial charge in [0.2, 0.25) is 0 Å². The second-order valence-corrected chi connectivity index (χ2v) is 7.00. The number of hydrogen-bond donors (Lipinski definition) is 2. The molecule has 2 amide bonds. The summed E-state index contributed by atoms with van der Waals surface area (Å²) in [6.07, 6.45) is 8.25. The van der Waals surface area contributed by atoms with Crippen LogP contribution >= 0.6 is 0 Å². The van der Waals surface area contributed by atoms with Gasteiger partial charge in [0, 0.05) is 32.0 Å². The number of aryl methyl sites for hydroxylation is 2. The van der Waals surface area contributed by atoms with Crippen LogP contribution in [0.3, 0.4) is 0 Å². The Bertz CT molecular complexity index is 859. The first-order valence-corrected chi connectivity index (χ1v) is 10.00. The Morgan fingerprint density at radius 1 is 0.966 bits per heavy atom. The van der Waals surface area contributed by atoms with Gasteiger partial charge in [0.25, 0.3) is 0 Å². The smallest absolute Gasteiger partial charge is 0.314 e. The van der Waals surface area contributed by atoms with Gasteiger partial charge in [-0.3, -0.25) is 0 Å². The zero-order chi connectivity index (χ0) is 20.3. The van der Waals surface area contributed by atoms with Crippen molar-refractivity contribution in [2.75, 3.05) is 13.1 Å². The number of imidazole rings is 1. The average Bonchev–Trinajstić information content (AvgIpc) is 3.24. The highest BCUT2D eigenvalue weighted by molar-refractivity contribution is 5.73. The van der Waals surface area contributed by atoms with E-state index in [-0.39, 0.29) is 6.03 Å². The van der Waals surface area contributed by atoms with Crippen molar-refractivity contribution >= 4 is 6.03 Å². The van der Waals surface area contributed by atoms with Crippen LogP contribution in [0.5, 0.6) is 11.5 Å². The fraction of sp³-hybridized carbons (Fsp3) is 0.304. The predicted octanol–water partition coefficient (Wildman–Crippen LogP) is 4.31. The van der Waals surface area contributed by atoms with E-state index in [9.17, 15) is 4.79 Å². The summed E-state index contributed by atoms with van der Waals surface area (Å²) in [5.74, 6) is 1.63. The second-order valence-electron chi connectivity index (χ2n) is 7.00. The highest BCUT2D eigenvalue weighted by Crippen LogP contribution is 2.22. The lowest BCUT2D eigenvalue weighted by Crippen LogP contribution is -2.37. The van der Waals surface area contributed by atoms with Gasteiger partial charge in [-0.2, -0.15) is 0 Å². The molecule has 1 aromatic heterocycles. The maximum atomic E-state index is 11.8. The molecule has 3 aromatic rings. The molecular weight excluding hydrogens is 364 g/mol. The SMILES string of the molecule is Cc1ccc(Oc2ccc(CCNC(=O)NCCCCn3ccnc3)cc2)cc1. The van der Waals surface area contributed by atoms with Gasteiger partial charge in [-0.15, -0.1) is 0 Å². The largest absolute Gasteiger partial charge is 0.457 e. The molecule has 0 saturated carbocycles. The molecule has 3 rings (SSSR count). The third kappa shape index (κ3) is 7.33. The van der Waals surface area contributed by atoms with Gasteiger partial charge in [-0.05, 0) is 56.0 Å². The van der Waals surface area contributed by atoms with E-state index in [0.29, 0.717) is 13.1 Å². The van der Waals surface area contributed by atoms with E-state index in [4.69, 9.17) is 4.74 Å². The predicted molar refractivity (Wildman–Crippen MR) is 114 cm³/mol. The Balaban J connectivity index is 1.28. The number of urea groups is 1. The summed E-state index contributed by atoms with van der Waals surface area (Å²) in [6, 6.07) is 15.8. The van der Waals surface area contributed by atoms with Crippen LogP contribution in [0.25, 0.3) is 0 Å². The van der Waals surface area contributed by atoms with Crippen LogP contribution in [0.4, 0.5) is 4.79 Å². The van der Waals surface area contributed by atoms with Crippen molar-refractivity contribution in [3.05, 3.63) is 78.4 Å². The van der Waals surface area contributed by atoms with Gasteiger partial charge in [0.15, 0.2) is 0 Å². The lowest BCUT2D eigenvalue weighted by molar-refractivity contribution is 0.241. The zero-order valence-corrected chi connectivity index (χ0v) is 16.8. The Hall–Kier alpha value is -3.28. The summed E-state index contributed by atoms with van der Waals surface area (Å²) in [5.41, 5.74) is 2.36. The number of unbranched alkanes of at least 4 members (excludes halogenated alkanes) is 1. The number of hydrogen-bond acceptors (Lipinski definition) is 3. The number of amides is 2. The molecule has 0 spiro atoms. The normalized spacial score (nSPS) is 10.5. The monoisotopic (exact) mass is 392 g/mol. The number of aromatic nitrogens is 2. The molecule has 2 aromatic carbocycles. The van der Waals surface area contributed by atoms with Gasteiger partial charge in [0.05, 0.1) is 6.33 Å². The topological polar surface area (TPSA) is 68.2 Å². The van der Waals surface area contributed by atoms with Gasteiger partial charge >= 0.3 is 6.03 Å². The average molecular weight is 393 g/mol. The molecule has 0 saturated heterocycles. The number of carbonyl (C=O) groups excluding carboxylic acids is 1. The van der Waals surface area contributed by atoms with Crippen molar-refractivity contribution in [2.24, 2.45) is 0 Å². The number of carbonyl (C=O) groups is 1. The van der Waals surface area contributed by atoms with Crippen LogP contribution in [0.15, 0.2) is 67.3 Å². The van der Waals surface area contributed by atoms with E-state index in [2.05, 4.69) is 22.5 Å². The third-order valence-electron chi connectivity index (χ3n) is 4.57. The molecule has 6 heteroatoms. The minimum Gasteiger partial charge on any atom is -0.457 e. The summed E-state index contributed by atoms with van der Waals surface area (Å²) >= 11 is 0. The Kier molecular flexibility index (Phi) is 7.69. The van der Waals surface area contributed by atoms with Crippen LogP contribution < -0.4 is 15.4 Å². The molecule has 1 heterocycles. The van der Waals surface area contributed by atoms with E-state index >= 15 is 0 Å². The summed E-state index contributed by atoms with van der Waals surface area (Å²) in [7, 11) is 0. The van der Waals surface area contributed by atoms with Gasteiger partial charge in [-0.1, -0.05) is 29.8 Å². The van der Waals surface area contributed by atoms with Crippen molar-refractivity contribution in [1.29, 1.82) is 0 Å². The number of ether oxygens (including phenoxy) is 1. The maximum absolute atomic E-state index is 11.8. The fourth-order valence-corrected chi connectivity index (χ4v) is 2.89. The molecule has 0 aliphatic rings. The van der Waals surface area contributed by atoms with Crippen LogP contribution in [0.1, 0.15) is 24.0 Å². The van der Waals surface area contributed by atoms with E-state index in [1.807, 2.05) is 59.3 Å². The number of nitrogens with zero attached hydrogens (tertiary/aromatic N) is 2. The van der Waals surface area contributed by atoms with Crippen molar-refractivity contribution in [2.45, 2.75) is 32.7 Å². The molecule has 2 N–H and O–H groups in total. The van der Waals surface area contributed by atoms with E-state index in [0.717, 1.165) is 42.9 Å². The number of nitrogens with one attached hydrogen (secondary N) is 2. The molecule has 0 atom stereocenters. The van der Waals surface area contributed by atoms with Gasteiger partial charge in [-0.25, -0.2) is 9.78 Å². The molecule has 29 heavy (non-hydrogen) atoms. The molecule has 0 unspecified atom stereocenters. The number of benzene rings is 2. The first-order valence-electron chi connectivity index (χ1n) is 10.00. The maximum Gasteiger partial charge on any atom is 0.314 e. The van der Waals surface area contributed by atoms with Crippen molar-refractivity contribution in [3.63, 3.8) is 0 Å². The molecule has 6 nitrogen and oxygen atoms in total. The van der Waals surface area contributed by atoms with Gasteiger partial charge in [0.1, 0.15) is 11.5 Å². The molecule has 0 aliphatic carbocycles. The Morgan fingerprint density at radius 2 is 1.66 bits per heavy atom. The molecule has 0 aliphatic heterocycles. The minimum atomic E-state index is -0.119. The van der Waals surface area contributed by atoms with Crippen molar-refractivity contribution in [3.8, 4) is 11.5 Å². The zero-order valence-electron chi connectivity index (χ0n) is 16.8. The van der Waals surface area contributed by atoms with Crippen molar-refractivity contribution in [1.82, 2.24) is 20.2 Å². The lowest BCUT2D eigenvalue weighted by Gasteiger charge is -2.09. The van der Waals surface area contributed by atoms with E-state index in [1.165, 1.54) is 5.56 Å². The highest BCUT2D eigenvalue weighted by Gasteiger charge is 2.01. The van der Waals surface area contributed by atoms with Crippen LogP contribution in [0, 0.1) is 6.92 Å². The summed E-state index contributed by atoms with van der Waals surface area (Å²) < 4.78 is 7.87. The molecule has 0 bridgehead atoms. The molecule has 0 fully saturated rings. The minimum absolute atomic E-state index is 0.119. The summed E-state index contributed by atoms with van der Waals surface area (Å²) in [5, 5.41) is 5.79. The van der Waals surface area contributed by atoms with E-state index in [1.54, 1.807) is 12.5 Å². The fourth-order valence-electron chi connectivity index (χ4n) is 2.89. The summed E-state index contributed by atoms with van der Waals surface area (Å²) in [4.78, 5) is 15.9. The quantitative estimate of drug-likeness (QED) is 0.505. The van der Waals surface area contributed by atoms with Gasteiger partial charge < -0.3 is 19.9 Å². The Labute approximate surface area is 171 Å². The Morgan fingerprint density at radius 3 is 2.34 bits per heavy atom. The van der Waals surface area contributed by atoms with Crippen LogP contribution in [0.2, 0.25) is 0 Å². The first kappa shape index (κ1) is 20.5. The first-order chi connectivity index (χ1) is 14.2. The third-order valence-corrected chi connectivity index (χ3v) is 4.57. The van der Waals surface area contributed by atoms with Crippen LogP contribution in [-0.2, 0) is 13.0 Å².